The summed E-state index contributed by atoms with van der Waals surface area (Å²) in [5.41, 5.74) is 2.06. The molecule has 1 fully saturated rings. The number of fused-ring (bicyclic) bond motifs is 1. The topological polar surface area (TPSA) is 40.6 Å². The van der Waals surface area contributed by atoms with Crippen LogP contribution >= 0.6 is 0 Å². The minimum absolute atomic E-state index is 0.224. The van der Waals surface area contributed by atoms with Crippen molar-refractivity contribution < 1.29 is 14.2 Å². The number of ether oxygens (including phenoxy) is 3. The van der Waals surface area contributed by atoms with Gasteiger partial charge in [-0.2, -0.15) is 0 Å². The van der Waals surface area contributed by atoms with Crippen LogP contribution in [0.4, 0.5) is 0 Å². The van der Waals surface area contributed by atoms with Gasteiger partial charge in [0.05, 0.1) is 13.2 Å². The normalized spacial score (nSPS) is 16.9. The van der Waals surface area contributed by atoms with Crippen molar-refractivity contribution in [1.29, 1.82) is 0 Å². The Hall–Kier alpha value is -2.59. The number of rotatable bonds is 5. The third-order valence-electron chi connectivity index (χ3n) is 4.58. The van der Waals surface area contributed by atoms with E-state index in [0.717, 1.165) is 47.5 Å². The van der Waals surface area contributed by atoms with Crippen LogP contribution in [0.15, 0.2) is 54.9 Å². The number of aromatic nitrogens is 1. The van der Waals surface area contributed by atoms with Crippen molar-refractivity contribution in [3.8, 4) is 22.6 Å². The van der Waals surface area contributed by atoms with Gasteiger partial charge >= 0.3 is 0 Å². The van der Waals surface area contributed by atoms with E-state index in [1.807, 2.05) is 18.3 Å². The summed E-state index contributed by atoms with van der Waals surface area (Å²) in [4.78, 5) is 4.22. The molecular formula is C21H21NO3. The molecule has 1 saturated heterocycles. The van der Waals surface area contributed by atoms with Gasteiger partial charge in [0, 0.05) is 24.6 Å². The van der Waals surface area contributed by atoms with Crippen molar-refractivity contribution in [1.82, 2.24) is 4.98 Å². The Morgan fingerprint density at radius 3 is 2.88 bits per heavy atom. The maximum absolute atomic E-state index is 5.93. The van der Waals surface area contributed by atoms with Crippen LogP contribution < -0.4 is 9.47 Å². The Morgan fingerprint density at radius 2 is 2.04 bits per heavy atom. The lowest BCUT2D eigenvalue weighted by Crippen LogP contribution is -2.16. The molecule has 1 atom stereocenters. The summed E-state index contributed by atoms with van der Waals surface area (Å²) >= 11 is 0. The fourth-order valence-corrected chi connectivity index (χ4v) is 3.22. The molecule has 128 valence electrons. The molecule has 0 bridgehead atoms. The maximum Gasteiger partial charge on any atom is 0.129 e. The van der Waals surface area contributed by atoms with E-state index in [4.69, 9.17) is 14.2 Å². The van der Waals surface area contributed by atoms with Gasteiger partial charge in [-0.15, -0.1) is 0 Å². The van der Waals surface area contributed by atoms with E-state index >= 15 is 0 Å². The second-order valence-electron chi connectivity index (χ2n) is 6.25. The van der Waals surface area contributed by atoms with Gasteiger partial charge in [-0.3, -0.25) is 4.98 Å². The van der Waals surface area contributed by atoms with E-state index < -0.39 is 0 Å². The van der Waals surface area contributed by atoms with E-state index in [9.17, 15) is 0 Å². The van der Waals surface area contributed by atoms with Crippen LogP contribution in [-0.2, 0) is 4.74 Å². The zero-order valence-electron chi connectivity index (χ0n) is 14.3. The number of methoxy groups -OCH3 is 1. The predicted octanol–water partition coefficient (Wildman–Crippen LogP) is 4.47. The summed E-state index contributed by atoms with van der Waals surface area (Å²) in [7, 11) is 1.68. The largest absolute Gasteiger partial charge is 0.496 e. The van der Waals surface area contributed by atoms with Gasteiger partial charge in [0.25, 0.3) is 0 Å². The molecule has 0 saturated carbocycles. The molecule has 0 spiro atoms. The molecule has 3 aromatic rings. The van der Waals surface area contributed by atoms with Crippen LogP contribution in [0.1, 0.15) is 12.8 Å². The predicted molar refractivity (Wildman–Crippen MR) is 98.2 cm³/mol. The molecule has 2 heterocycles. The van der Waals surface area contributed by atoms with Gasteiger partial charge in [-0.05, 0) is 53.4 Å². The van der Waals surface area contributed by atoms with Crippen molar-refractivity contribution in [2.24, 2.45) is 0 Å². The van der Waals surface area contributed by atoms with E-state index in [1.54, 1.807) is 13.3 Å². The van der Waals surface area contributed by atoms with Crippen LogP contribution in [0.2, 0.25) is 0 Å². The van der Waals surface area contributed by atoms with E-state index in [-0.39, 0.29) is 6.10 Å². The summed E-state index contributed by atoms with van der Waals surface area (Å²) in [5, 5.41) is 2.31. The Balaban J connectivity index is 1.62. The summed E-state index contributed by atoms with van der Waals surface area (Å²) in [6, 6.07) is 14.4. The maximum atomic E-state index is 5.93. The van der Waals surface area contributed by atoms with Crippen LogP contribution in [0.5, 0.6) is 11.5 Å². The second kappa shape index (κ2) is 7.11. The highest BCUT2D eigenvalue weighted by Crippen LogP contribution is 2.32. The van der Waals surface area contributed by atoms with Crippen molar-refractivity contribution in [2.75, 3.05) is 20.3 Å². The first-order chi connectivity index (χ1) is 12.3. The standard InChI is InChI=1S/C21H21NO3/c1-23-21-8-9-22-13-20(21)16-5-4-15-6-7-18(12-17(15)11-16)25-14-19-3-2-10-24-19/h4-9,11-13,19H,2-3,10,14H2,1H3. The van der Waals surface area contributed by atoms with Gasteiger partial charge in [0.2, 0.25) is 0 Å². The van der Waals surface area contributed by atoms with Crippen molar-refractivity contribution in [3.05, 3.63) is 54.9 Å². The first kappa shape index (κ1) is 15.9. The fraction of sp³-hybridized carbons (Fsp3) is 0.286. The Morgan fingerprint density at radius 1 is 1.12 bits per heavy atom. The average Bonchev–Trinajstić information content (AvgIpc) is 3.19. The van der Waals surface area contributed by atoms with Crippen LogP contribution in [0, 0.1) is 0 Å². The molecule has 4 nitrogen and oxygen atoms in total. The number of nitrogens with zero attached hydrogens (tertiary/aromatic N) is 1. The quantitative estimate of drug-likeness (QED) is 0.690. The lowest BCUT2D eigenvalue weighted by Gasteiger charge is -2.12. The monoisotopic (exact) mass is 335 g/mol. The third-order valence-corrected chi connectivity index (χ3v) is 4.58. The molecule has 4 heteroatoms. The van der Waals surface area contributed by atoms with Crippen molar-refractivity contribution in [2.45, 2.75) is 18.9 Å². The molecule has 4 rings (SSSR count). The first-order valence-electron chi connectivity index (χ1n) is 8.60. The summed E-state index contributed by atoms with van der Waals surface area (Å²) < 4.78 is 17.0. The highest BCUT2D eigenvalue weighted by Gasteiger charge is 2.16. The summed E-state index contributed by atoms with van der Waals surface area (Å²) in [6.45, 7) is 1.46. The second-order valence-corrected chi connectivity index (χ2v) is 6.25. The number of benzene rings is 2. The van der Waals surface area contributed by atoms with Gasteiger partial charge in [-0.1, -0.05) is 18.2 Å². The Labute approximate surface area is 147 Å². The fourth-order valence-electron chi connectivity index (χ4n) is 3.22. The lowest BCUT2D eigenvalue weighted by molar-refractivity contribution is 0.0680. The van der Waals surface area contributed by atoms with Gasteiger partial charge in [0.1, 0.15) is 18.1 Å². The number of pyridine rings is 1. The molecule has 1 aromatic heterocycles. The smallest absolute Gasteiger partial charge is 0.129 e. The van der Waals surface area contributed by atoms with Gasteiger partial charge < -0.3 is 14.2 Å². The van der Waals surface area contributed by atoms with Crippen LogP contribution in [-0.4, -0.2) is 31.4 Å². The highest BCUT2D eigenvalue weighted by molar-refractivity contribution is 5.89. The summed E-state index contributed by atoms with van der Waals surface area (Å²) in [5.74, 6) is 1.69. The molecule has 0 amide bonds. The SMILES string of the molecule is COc1ccncc1-c1ccc2ccc(OCC3CCCO3)cc2c1. The van der Waals surface area contributed by atoms with Crippen LogP contribution in [0.3, 0.4) is 0 Å². The number of hydrogen-bond donors (Lipinski definition) is 0. The Kier molecular flexibility index (Phi) is 4.53. The third kappa shape index (κ3) is 3.44. The molecular weight excluding hydrogens is 314 g/mol. The molecule has 2 aromatic carbocycles. The van der Waals surface area contributed by atoms with Gasteiger partial charge in [0.15, 0.2) is 0 Å². The first-order valence-corrected chi connectivity index (χ1v) is 8.60. The van der Waals surface area contributed by atoms with Gasteiger partial charge in [-0.25, -0.2) is 0 Å². The minimum Gasteiger partial charge on any atom is -0.496 e. The molecule has 1 aliphatic rings. The Bertz CT molecular complexity index is 872. The van der Waals surface area contributed by atoms with E-state index in [0.29, 0.717) is 6.61 Å². The zero-order chi connectivity index (χ0) is 17.1. The molecule has 0 radical (unpaired) electrons. The minimum atomic E-state index is 0.224. The molecule has 0 N–H and O–H groups in total. The molecule has 0 aliphatic carbocycles. The van der Waals surface area contributed by atoms with E-state index in [2.05, 4.69) is 35.3 Å². The van der Waals surface area contributed by atoms with Crippen LogP contribution in [0.25, 0.3) is 21.9 Å². The molecule has 1 aliphatic heterocycles. The number of hydrogen-bond acceptors (Lipinski definition) is 4. The van der Waals surface area contributed by atoms with E-state index in [1.165, 1.54) is 5.39 Å². The molecule has 25 heavy (non-hydrogen) atoms. The zero-order valence-corrected chi connectivity index (χ0v) is 14.3. The summed E-state index contributed by atoms with van der Waals surface area (Å²) in [6.07, 6.45) is 6.00. The average molecular weight is 335 g/mol. The lowest BCUT2D eigenvalue weighted by atomic mass is 10.0. The van der Waals surface area contributed by atoms with Crippen molar-refractivity contribution in [3.63, 3.8) is 0 Å². The highest BCUT2D eigenvalue weighted by atomic mass is 16.5. The molecule has 1 unspecified atom stereocenters. The van der Waals surface area contributed by atoms with Crippen molar-refractivity contribution >= 4 is 10.8 Å².